The van der Waals surface area contributed by atoms with Crippen LogP contribution >= 0.6 is 11.3 Å². The van der Waals surface area contributed by atoms with Crippen molar-refractivity contribution >= 4 is 27.1 Å². The van der Waals surface area contributed by atoms with Gasteiger partial charge < -0.3 is 5.32 Å². The predicted octanol–water partition coefficient (Wildman–Crippen LogP) is 2.32. The molecule has 0 radical (unpaired) electrons. The molecule has 0 bridgehead atoms. The minimum absolute atomic E-state index is 0.122. The normalized spacial score (nSPS) is 12.7. The van der Waals surface area contributed by atoms with Crippen molar-refractivity contribution in [1.29, 1.82) is 0 Å². The Morgan fingerprint density at radius 2 is 2.20 bits per heavy atom. The van der Waals surface area contributed by atoms with Crippen LogP contribution in [0.5, 0.6) is 0 Å². The summed E-state index contributed by atoms with van der Waals surface area (Å²) < 4.78 is 3.26. The molecule has 25 heavy (non-hydrogen) atoms. The van der Waals surface area contributed by atoms with Crippen molar-refractivity contribution in [1.82, 2.24) is 29.2 Å². The number of rotatable bonds is 5. The Hall–Kier alpha value is -2.81. The molecule has 0 spiro atoms. The first-order valence-corrected chi connectivity index (χ1v) is 8.93. The first-order valence-electron chi connectivity index (χ1n) is 8.11. The quantitative estimate of drug-likeness (QED) is 0.591. The second kappa shape index (κ2) is 6.25. The number of fused-ring (bicyclic) bond motifs is 2. The van der Waals surface area contributed by atoms with Gasteiger partial charge in [-0.25, -0.2) is 4.98 Å². The topological polar surface area (TPSA) is 89.5 Å². The van der Waals surface area contributed by atoms with E-state index in [-0.39, 0.29) is 11.6 Å². The maximum absolute atomic E-state index is 12.2. The standard InChI is InChI=1S/C16H17N7OS/c1-3-6-11-9-13(24)23-16(18-11)25-15(21-23)17-10(2)14-20-19-12-7-4-5-8-22(12)14/h4-5,7-10H,3,6H2,1-2H3,(H,17,21). The second-order valence-corrected chi connectivity index (χ2v) is 6.75. The zero-order valence-corrected chi connectivity index (χ0v) is 14.7. The summed E-state index contributed by atoms with van der Waals surface area (Å²) in [4.78, 5) is 17.3. The van der Waals surface area contributed by atoms with Crippen LogP contribution in [-0.4, -0.2) is 29.2 Å². The summed E-state index contributed by atoms with van der Waals surface area (Å²) in [6.07, 6.45) is 3.66. The van der Waals surface area contributed by atoms with Crippen LogP contribution in [0.2, 0.25) is 0 Å². The fourth-order valence-electron chi connectivity index (χ4n) is 2.70. The molecule has 0 saturated carbocycles. The molecule has 0 fully saturated rings. The number of aryl methyl sites for hydroxylation is 1. The number of hydrogen-bond donors (Lipinski definition) is 1. The van der Waals surface area contributed by atoms with E-state index >= 15 is 0 Å². The van der Waals surface area contributed by atoms with Gasteiger partial charge in [-0.15, -0.1) is 15.3 Å². The van der Waals surface area contributed by atoms with E-state index in [4.69, 9.17) is 0 Å². The molecule has 9 heteroatoms. The molecule has 1 unspecified atom stereocenters. The Morgan fingerprint density at radius 3 is 3.04 bits per heavy atom. The van der Waals surface area contributed by atoms with E-state index in [0.717, 1.165) is 30.0 Å². The molecule has 4 rings (SSSR count). The summed E-state index contributed by atoms with van der Waals surface area (Å²) in [5.41, 5.74) is 1.44. The maximum Gasteiger partial charge on any atom is 0.275 e. The van der Waals surface area contributed by atoms with Crippen molar-refractivity contribution < 1.29 is 0 Å². The number of nitrogens with one attached hydrogen (secondary N) is 1. The van der Waals surface area contributed by atoms with E-state index in [0.29, 0.717) is 10.1 Å². The highest BCUT2D eigenvalue weighted by molar-refractivity contribution is 7.20. The lowest BCUT2D eigenvalue weighted by molar-refractivity contribution is 0.763. The molecule has 8 nitrogen and oxygen atoms in total. The monoisotopic (exact) mass is 355 g/mol. The van der Waals surface area contributed by atoms with Crippen molar-refractivity contribution in [3.05, 3.63) is 52.3 Å². The van der Waals surface area contributed by atoms with Crippen LogP contribution in [-0.2, 0) is 6.42 Å². The number of anilines is 1. The van der Waals surface area contributed by atoms with Crippen molar-refractivity contribution in [2.75, 3.05) is 5.32 Å². The van der Waals surface area contributed by atoms with Gasteiger partial charge in [0, 0.05) is 18.0 Å². The number of hydrogen-bond acceptors (Lipinski definition) is 7. The van der Waals surface area contributed by atoms with Crippen LogP contribution in [0.3, 0.4) is 0 Å². The zero-order chi connectivity index (χ0) is 17.4. The third-order valence-corrected chi connectivity index (χ3v) is 4.71. The summed E-state index contributed by atoms with van der Waals surface area (Å²) >= 11 is 1.35. The third-order valence-electron chi connectivity index (χ3n) is 3.87. The second-order valence-electron chi connectivity index (χ2n) is 5.79. The van der Waals surface area contributed by atoms with Crippen LogP contribution in [0.1, 0.15) is 37.8 Å². The van der Waals surface area contributed by atoms with E-state index < -0.39 is 0 Å². The average molecular weight is 355 g/mol. The van der Waals surface area contributed by atoms with Crippen molar-refractivity contribution in [2.24, 2.45) is 0 Å². The molecular formula is C16H17N7OS. The van der Waals surface area contributed by atoms with E-state index in [9.17, 15) is 4.79 Å². The van der Waals surface area contributed by atoms with E-state index in [2.05, 4.69) is 32.5 Å². The van der Waals surface area contributed by atoms with Crippen LogP contribution in [0.4, 0.5) is 5.13 Å². The molecule has 4 aromatic heterocycles. The highest BCUT2D eigenvalue weighted by Gasteiger charge is 2.16. The SMILES string of the molecule is CCCc1cc(=O)n2nc(NC(C)c3nnc4ccccn34)sc2n1. The average Bonchev–Trinajstić information content (AvgIpc) is 3.19. The maximum atomic E-state index is 12.2. The van der Waals surface area contributed by atoms with E-state index in [1.165, 1.54) is 15.9 Å². The molecule has 1 atom stereocenters. The molecule has 0 saturated heterocycles. The Kier molecular flexibility index (Phi) is 3.92. The predicted molar refractivity (Wildman–Crippen MR) is 96.2 cm³/mol. The lowest BCUT2D eigenvalue weighted by Gasteiger charge is -2.10. The van der Waals surface area contributed by atoms with Crippen LogP contribution < -0.4 is 10.9 Å². The summed E-state index contributed by atoms with van der Waals surface area (Å²) in [6.45, 7) is 4.04. The Bertz CT molecular complexity index is 1100. The summed E-state index contributed by atoms with van der Waals surface area (Å²) in [6, 6.07) is 7.19. The first-order chi connectivity index (χ1) is 12.2. The van der Waals surface area contributed by atoms with Gasteiger partial charge in [0.1, 0.15) is 0 Å². The summed E-state index contributed by atoms with van der Waals surface area (Å²) in [5.74, 6) is 0.779. The summed E-state index contributed by atoms with van der Waals surface area (Å²) in [5, 5.41) is 16.7. The fourth-order valence-corrected chi connectivity index (χ4v) is 3.61. The molecule has 1 N–H and O–H groups in total. The van der Waals surface area contributed by atoms with Gasteiger partial charge >= 0.3 is 0 Å². The largest absolute Gasteiger partial charge is 0.350 e. The van der Waals surface area contributed by atoms with Crippen LogP contribution in [0, 0.1) is 0 Å². The van der Waals surface area contributed by atoms with Gasteiger partial charge in [0.25, 0.3) is 5.56 Å². The van der Waals surface area contributed by atoms with Crippen molar-refractivity contribution in [2.45, 2.75) is 32.7 Å². The van der Waals surface area contributed by atoms with Gasteiger partial charge in [-0.1, -0.05) is 30.7 Å². The molecule has 0 aliphatic carbocycles. The van der Waals surface area contributed by atoms with Gasteiger partial charge in [0.2, 0.25) is 10.1 Å². The van der Waals surface area contributed by atoms with Gasteiger partial charge in [-0.3, -0.25) is 9.20 Å². The molecule has 0 aliphatic rings. The van der Waals surface area contributed by atoms with E-state index in [1.807, 2.05) is 35.7 Å². The Labute approximate surface area is 147 Å². The highest BCUT2D eigenvalue weighted by atomic mass is 32.1. The van der Waals surface area contributed by atoms with E-state index in [1.54, 1.807) is 6.07 Å². The first kappa shape index (κ1) is 15.7. The molecule has 4 aromatic rings. The molecule has 4 heterocycles. The minimum atomic E-state index is -0.154. The molecule has 0 aromatic carbocycles. The fraction of sp³-hybridized carbons (Fsp3) is 0.312. The smallest absolute Gasteiger partial charge is 0.275 e. The van der Waals surface area contributed by atoms with Gasteiger partial charge in [0.05, 0.1) is 6.04 Å². The van der Waals surface area contributed by atoms with Gasteiger partial charge in [-0.05, 0) is 25.5 Å². The van der Waals surface area contributed by atoms with Gasteiger partial charge in [0.15, 0.2) is 11.5 Å². The Balaban J connectivity index is 1.66. The molecule has 0 amide bonds. The molecule has 0 aliphatic heterocycles. The number of nitrogens with zero attached hydrogens (tertiary/aromatic N) is 6. The number of aromatic nitrogens is 6. The highest BCUT2D eigenvalue weighted by Crippen LogP contribution is 2.22. The number of pyridine rings is 1. The van der Waals surface area contributed by atoms with Crippen LogP contribution in [0.15, 0.2) is 35.3 Å². The van der Waals surface area contributed by atoms with Crippen molar-refractivity contribution in [3.63, 3.8) is 0 Å². The van der Waals surface area contributed by atoms with Crippen molar-refractivity contribution in [3.8, 4) is 0 Å². The molecular weight excluding hydrogens is 338 g/mol. The van der Waals surface area contributed by atoms with Crippen LogP contribution in [0.25, 0.3) is 10.6 Å². The third kappa shape index (κ3) is 2.86. The lowest BCUT2D eigenvalue weighted by Crippen LogP contribution is -2.16. The Morgan fingerprint density at radius 1 is 1.32 bits per heavy atom. The zero-order valence-electron chi connectivity index (χ0n) is 13.9. The molecule has 128 valence electrons. The summed E-state index contributed by atoms with van der Waals surface area (Å²) in [7, 11) is 0. The van der Waals surface area contributed by atoms with Gasteiger partial charge in [-0.2, -0.15) is 4.52 Å². The lowest BCUT2D eigenvalue weighted by atomic mass is 10.2. The minimum Gasteiger partial charge on any atom is -0.350 e.